The molecule has 3 aliphatic heterocycles. The Hall–Kier alpha value is -3.65. The van der Waals surface area contributed by atoms with Gasteiger partial charge in [0.2, 0.25) is 17.7 Å². The third-order valence-electron chi connectivity index (χ3n) is 8.85. The summed E-state index contributed by atoms with van der Waals surface area (Å²) in [5.74, 6) is -1.68. The summed E-state index contributed by atoms with van der Waals surface area (Å²) in [7, 11) is 1.57. The van der Waals surface area contributed by atoms with Crippen molar-refractivity contribution in [1.82, 2.24) is 10.2 Å². The van der Waals surface area contributed by atoms with Crippen LogP contribution >= 0.6 is 0 Å². The van der Waals surface area contributed by atoms with Gasteiger partial charge in [-0.05, 0) is 37.5 Å². The molecule has 4 aliphatic rings. The third-order valence-corrected chi connectivity index (χ3v) is 8.85. The second-order valence-corrected chi connectivity index (χ2v) is 11.1. The number of ether oxygens (including phenoxy) is 2. The molecule has 6 rings (SSSR count). The van der Waals surface area contributed by atoms with Crippen LogP contribution in [-0.4, -0.2) is 53.5 Å². The zero-order chi connectivity index (χ0) is 27.1. The average Bonchev–Trinajstić information content (AvgIpc) is 3.61. The number of rotatable bonds is 7. The van der Waals surface area contributed by atoms with Crippen molar-refractivity contribution >= 4 is 23.4 Å². The minimum absolute atomic E-state index is 0.0837. The number of carbonyl (C=O) groups is 3. The van der Waals surface area contributed by atoms with Crippen molar-refractivity contribution < 1.29 is 23.9 Å². The van der Waals surface area contributed by atoms with Crippen molar-refractivity contribution in [3.05, 3.63) is 72.3 Å². The molecule has 3 heterocycles. The van der Waals surface area contributed by atoms with E-state index in [0.29, 0.717) is 11.4 Å². The van der Waals surface area contributed by atoms with Crippen molar-refractivity contribution in [2.24, 2.45) is 11.8 Å². The Morgan fingerprint density at radius 2 is 1.82 bits per heavy atom. The van der Waals surface area contributed by atoms with E-state index in [9.17, 15) is 14.4 Å². The first-order valence-electron chi connectivity index (χ1n) is 13.9. The molecule has 1 spiro atoms. The molecule has 3 fully saturated rings. The van der Waals surface area contributed by atoms with Crippen LogP contribution in [0.5, 0.6) is 5.75 Å². The van der Waals surface area contributed by atoms with Gasteiger partial charge in [0, 0.05) is 17.8 Å². The molecule has 0 radical (unpaired) electrons. The minimum Gasteiger partial charge on any atom is -0.497 e. The van der Waals surface area contributed by atoms with Crippen molar-refractivity contribution in [2.75, 3.05) is 12.4 Å². The number of likely N-dealkylation sites (tertiary alicyclic amines) is 1. The molecule has 39 heavy (non-hydrogen) atoms. The van der Waals surface area contributed by atoms with Crippen molar-refractivity contribution in [1.29, 1.82) is 0 Å². The van der Waals surface area contributed by atoms with Crippen LogP contribution in [0.2, 0.25) is 0 Å². The second-order valence-electron chi connectivity index (χ2n) is 11.1. The Morgan fingerprint density at radius 1 is 1.05 bits per heavy atom. The Bertz CT molecular complexity index is 1290. The van der Waals surface area contributed by atoms with Crippen molar-refractivity contribution in [2.45, 2.75) is 68.9 Å². The van der Waals surface area contributed by atoms with E-state index in [4.69, 9.17) is 9.47 Å². The van der Waals surface area contributed by atoms with Crippen molar-refractivity contribution in [3.63, 3.8) is 0 Å². The number of methoxy groups -OCH3 is 1. The molecule has 0 aromatic heterocycles. The van der Waals surface area contributed by atoms with Crippen LogP contribution in [-0.2, 0) is 19.1 Å². The molecule has 2 bridgehead atoms. The highest BCUT2D eigenvalue weighted by atomic mass is 16.5. The van der Waals surface area contributed by atoms with Gasteiger partial charge >= 0.3 is 0 Å². The fourth-order valence-corrected chi connectivity index (χ4v) is 6.97. The van der Waals surface area contributed by atoms with Gasteiger partial charge in [-0.15, -0.1) is 0 Å². The van der Waals surface area contributed by atoms with Crippen LogP contribution in [0.3, 0.4) is 0 Å². The number of hydrogen-bond acceptors (Lipinski definition) is 5. The molecule has 1 aliphatic carbocycles. The number of nitrogens with one attached hydrogen (secondary N) is 2. The molecular formula is C31H35N3O5. The van der Waals surface area contributed by atoms with Gasteiger partial charge in [0.15, 0.2) is 0 Å². The van der Waals surface area contributed by atoms with Crippen LogP contribution in [0.25, 0.3) is 0 Å². The maximum absolute atomic E-state index is 14.3. The number of fused-ring (bicyclic) bond motifs is 1. The average molecular weight is 530 g/mol. The van der Waals surface area contributed by atoms with Crippen molar-refractivity contribution in [3.8, 4) is 5.75 Å². The predicted molar refractivity (Wildman–Crippen MR) is 146 cm³/mol. The summed E-state index contributed by atoms with van der Waals surface area (Å²) < 4.78 is 11.8. The second kappa shape index (κ2) is 10.2. The Morgan fingerprint density at radius 3 is 2.56 bits per heavy atom. The number of anilines is 1. The molecule has 2 aromatic carbocycles. The van der Waals surface area contributed by atoms with Crippen LogP contribution in [0, 0.1) is 11.8 Å². The lowest BCUT2D eigenvalue weighted by molar-refractivity contribution is -0.143. The highest BCUT2D eigenvalue weighted by Crippen LogP contribution is 2.56. The van der Waals surface area contributed by atoms with E-state index in [1.54, 1.807) is 36.3 Å². The van der Waals surface area contributed by atoms with E-state index in [-0.39, 0.29) is 29.8 Å². The number of benzene rings is 2. The highest BCUT2D eigenvalue weighted by Gasteiger charge is 2.73. The first-order chi connectivity index (χ1) is 18.9. The Kier molecular flexibility index (Phi) is 6.67. The lowest BCUT2D eigenvalue weighted by Crippen LogP contribution is -2.56. The molecule has 2 saturated heterocycles. The maximum atomic E-state index is 14.3. The first-order valence-corrected chi connectivity index (χ1v) is 13.9. The van der Waals surface area contributed by atoms with E-state index in [1.165, 1.54) is 6.42 Å². The molecule has 3 amide bonds. The fourth-order valence-electron chi connectivity index (χ4n) is 6.97. The summed E-state index contributed by atoms with van der Waals surface area (Å²) in [5, 5.41) is 6.20. The third kappa shape index (κ3) is 4.31. The summed E-state index contributed by atoms with van der Waals surface area (Å²) in [6.45, 7) is 1.94. The molecule has 204 valence electrons. The zero-order valence-electron chi connectivity index (χ0n) is 22.3. The molecular weight excluding hydrogens is 494 g/mol. The zero-order valence-corrected chi connectivity index (χ0v) is 22.3. The summed E-state index contributed by atoms with van der Waals surface area (Å²) in [6, 6.07) is 15.6. The molecule has 6 atom stereocenters. The predicted octanol–water partition coefficient (Wildman–Crippen LogP) is 3.99. The fraction of sp³-hybridized carbons (Fsp3) is 0.452. The Balaban J connectivity index is 1.34. The summed E-state index contributed by atoms with van der Waals surface area (Å²) in [5.41, 5.74) is 0.306. The standard InChI is InChI=1S/C31H35N3O5/c1-19(20-10-5-3-6-11-20)34-27(29(36)32-21-12-7-4-8-13-21)31-17-16-24(39-31)25(26(31)30(34)37)28(35)33-22-14-9-15-23(18-22)38-2/h3,5-6,9-11,14-19,21,24-27H,4,7-8,12-13H2,1-2H3,(H,32,36)(H,33,35)/t19-,24+,25-,26+,27+,31+/m1/s1. The van der Waals surface area contributed by atoms with Crippen LogP contribution < -0.4 is 15.4 Å². The van der Waals surface area contributed by atoms with Gasteiger partial charge in [-0.3, -0.25) is 14.4 Å². The number of hydrogen-bond donors (Lipinski definition) is 2. The number of amides is 3. The summed E-state index contributed by atoms with van der Waals surface area (Å²) >= 11 is 0. The normalized spacial score (nSPS) is 30.2. The van der Waals surface area contributed by atoms with E-state index in [1.807, 2.05) is 49.4 Å². The van der Waals surface area contributed by atoms with Crippen LogP contribution in [0.4, 0.5) is 5.69 Å². The molecule has 0 unspecified atom stereocenters. The monoisotopic (exact) mass is 529 g/mol. The van der Waals surface area contributed by atoms with Crippen LogP contribution in [0.1, 0.15) is 50.6 Å². The number of nitrogens with zero attached hydrogens (tertiary/aromatic N) is 1. The summed E-state index contributed by atoms with van der Waals surface area (Å²) in [6.07, 6.45) is 8.33. The van der Waals surface area contributed by atoms with E-state index in [2.05, 4.69) is 10.6 Å². The van der Waals surface area contributed by atoms with Gasteiger partial charge in [0.1, 0.15) is 17.4 Å². The largest absolute Gasteiger partial charge is 0.497 e. The van der Waals surface area contributed by atoms with E-state index >= 15 is 0 Å². The highest BCUT2D eigenvalue weighted by molar-refractivity contribution is 6.03. The van der Waals surface area contributed by atoms with Crippen LogP contribution in [0.15, 0.2) is 66.7 Å². The molecule has 1 saturated carbocycles. The lowest BCUT2D eigenvalue weighted by atomic mass is 9.74. The van der Waals surface area contributed by atoms with Gasteiger partial charge < -0.3 is 25.0 Å². The van der Waals surface area contributed by atoms with E-state index < -0.39 is 29.6 Å². The SMILES string of the molecule is COc1cccc(NC(=O)[C@@H]2[C@@H]3C=C[C@]4(O3)[C@@H]2C(=O)N([C@H](C)c2ccccc2)[C@H]4C(=O)NC2CCCCC2)c1. The molecule has 8 nitrogen and oxygen atoms in total. The van der Waals surface area contributed by atoms with Gasteiger partial charge in [-0.25, -0.2) is 0 Å². The van der Waals surface area contributed by atoms with Gasteiger partial charge in [0.05, 0.1) is 31.1 Å². The summed E-state index contributed by atoms with van der Waals surface area (Å²) in [4.78, 5) is 43.7. The van der Waals surface area contributed by atoms with Gasteiger partial charge in [0.25, 0.3) is 0 Å². The molecule has 2 aromatic rings. The maximum Gasteiger partial charge on any atom is 0.246 e. The minimum atomic E-state index is -1.19. The van der Waals surface area contributed by atoms with Gasteiger partial charge in [-0.2, -0.15) is 0 Å². The Labute approximate surface area is 228 Å². The van der Waals surface area contributed by atoms with E-state index in [0.717, 1.165) is 31.2 Å². The topological polar surface area (TPSA) is 97.0 Å². The molecule has 8 heteroatoms. The lowest BCUT2D eigenvalue weighted by Gasteiger charge is -2.37. The smallest absolute Gasteiger partial charge is 0.246 e. The first kappa shape index (κ1) is 25.6. The molecule has 2 N–H and O–H groups in total. The van der Waals surface area contributed by atoms with Gasteiger partial charge in [-0.1, -0.05) is 67.8 Å². The number of carbonyl (C=O) groups excluding carboxylic acids is 3. The quantitative estimate of drug-likeness (QED) is 0.529.